The zero-order valence-corrected chi connectivity index (χ0v) is 13.3. The van der Waals surface area contributed by atoms with Gasteiger partial charge >= 0.3 is 5.97 Å². The Morgan fingerprint density at radius 3 is 2.73 bits per heavy atom. The third-order valence-corrected chi connectivity index (χ3v) is 4.99. The van der Waals surface area contributed by atoms with Gasteiger partial charge < -0.3 is 4.74 Å². The molecule has 0 aliphatic rings. The number of hydrogen-bond acceptors (Lipinski definition) is 2. The van der Waals surface area contributed by atoms with Gasteiger partial charge in [-0.1, -0.05) is 15.9 Å². The lowest BCUT2D eigenvalue weighted by Gasteiger charge is -2.06. The normalized spacial score (nSPS) is 10.1. The van der Waals surface area contributed by atoms with Crippen LogP contribution in [0.3, 0.4) is 0 Å². The van der Waals surface area contributed by atoms with Gasteiger partial charge in [0.25, 0.3) is 0 Å². The summed E-state index contributed by atoms with van der Waals surface area (Å²) in [6.07, 6.45) is 1.11. The summed E-state index contributed by atoms with van der Waals surface area (Å²) in [6, 6.07) is 4.01. The van der Waals surface area contributed by atoms with E-state index in [-0.39, 0.29) is 5.97 Å². The number of carbonyl (C=O) groups is 1. The van der Waals surface area contributed by atoms with E-state index < -0.39 is 0 Å². The lowest BCUT2D eigenvalue weighted by molar-refractivity contribution is -0.140. The molecule has 0 unspecified atom stereocenters. The first-order valence-electron chi connectivity index (χ1n) is 4.25. The molecule has 0 amide bonds. The van der Waals surface area contributed by atoms with Crippen LogP contribution in [-0.2, 0) is 16.0 Å². The van der Waals surface area contributed by atoms with Gasteiger partial charge in [0.2, 0.25) is 0 Å². The van der Waals surface area contributed by atoms with Crippen molar-refractivity contribution in [1.82, 2.24) is 0 Å². The predicted octanol–water partition coefficient (Wildman–Crippen LogP) is 3.92. The van der Waals surface area contributed by atoms with E-state index in [9.17, 15) is 4.79 Å². The van der Waals surface area contributed by atoms with Crippen LogP contribution >= 0.6 is 54.5 Å². The third-order valence-electron chi connectivity index (χ3n) is 1.89. The Morgan fingerprint density at radius 2 is 2.13 bits per heavy atom. The summed E-state index contributed by atoms with van der Waals surface area (Å²) in [4.78, 5) is 11.0. The maximum atomic E-state index is 11.0. The molecule has 0 aliphatic carbocycles. The molecule has 0 fully saturated rings. The number of carbonyl (C=O) groups excluding carboxylic acids is 1. The first-order chi connectivity index (χ1) is 7.04. The van der Waals surface area contributed by atoms with Crippen LogP contribution in [0.4, 0.5) is 0 Å². The molecule has 2 nitrogen and oxygen atoms in total. The number of rotatable bonds is 3. The van der Waals surface area contributed by atoms with Crippen molar-refractivity contribution in [3.63, 3.8) is 0 Å². The number of hydrogen-bond donors (Lipinski definition) is 0. The minimum absolute atomic E-state index is 0.179. The molecule has 1 aromatic rings. The molecule has 5 heteroatoms. The van der Waals surface area contributed by atoms with E-state index in [0.29, 0.717) is 12.8 Å². The third kappa shape index (κ3) is 4.03. The summed E-state index contributed by atoms with van der Waals surface area (Å²) < 4.78 is 7.79. The molecular weight excluding hydrogens is 439 g/mol. The van der Waals surface area contributed by atoms with Crippen molar-refractivity contribution in [2.75, 3.05) is 7.11 Å². The number of halogens is 3. The molecule has 0 bridgehead atoms. The van der Waals surface area contributed by atoms with E-state index >= 15 is 0 Å². The second kappa shape index (κ2) is 6.20. The second-order valence-electron chi connectivity index (χ2n) is 2.94. The van der Waals surface area contributed by atoms with E-state index in [4.69, 9.17) is 0 Å². The van der Waals surface area contributed by atoms with Crippen LogP contribution in [0.5, 0.6) is 0 Å². The molecule has 0 heterocycles. The van der Waals surface area contributed by atoms with Crippen molar-refractivity contribution < 1.29 is 9.53 Å². The topological polar surface area (TPSA) is 26.3 Å². The molecule has 0 radical (unpaired) electrons. The Bertz CT molecular complexity index is 380. The van der Waals surface area contributed by atoms with Crippen molar-refractivity contribution in [2.45, 2.75) is 12.8 Å². The summed E-state index contributed by atoms with van der Waals surface area (Å²) in [5.74, 6) is -0.179. The number of benzene rings is 1. The van der Waals surface area contributed by atoms with Crippen LogP contribution in [0.15, 0.2) is 21.1 Å². The molecule has 0 aromatic heterocycles. The Balaban J connectivity index is 2.81. The summed E-state index contributed by atoms with van der Waals surface area (Å²) in [5, 5.41) is 0. The molecule has 0 spiro atoms. The van der Waals surface area contributed by atoms with Gasteiger partial charge in [0.1, 0.15) is 0 Å². The highest BCUT2D eigenvalue weighted by Crippen LogP contribution is 2.28. The first-order valence-corrected chi connectivity index (χ1v) is 6.91. The Morgan fingerprint density at radius 1 is 1.47 bits per heavy atom. The quantitative estimate of drug-likeness (QED) is 0.399. The molecule has 1 aromatic carbocycles. The minimum Gasteiger partial charge on any atom is -0.469 e. The maximum absolute atomic E-state index is 11.0. The molecule has 0 N–H and O–H groups in total. The molecule has 1 rings (SSSR count). The van der Waals surface area contributed by atoms with Crippen LogP contribution in [0.25, 0.3) is 0 Å². The largest absolute Gasteiger partial charge is 0.469 e. The van der Waals surface area contributed by atoms with Gasteiger partial charge in [-0.15, -0.1) is 0 Å². The maximum Gasteiger partial charge on any atom is 0.305 e. The predicted molar refractivity (Wildman–Crippen MR) is 74.9 cm³/mol. The van der Waals surface area contributed by atoms with Crippen LogP contribution < -0.4 is 0 Å². The van der Waals surface area contributed by atoms with Gasteiger partial charge in [-0.3, -0.25) is 4.79 Å². The zero-order chi connectivity index (χ0) is 11.4. The van der Waals surface area contributed by atoms with Crippen LogP contribution in [-0.4, -0.2) is 13.1 Å². The number of methoxy groups -OCH3 is 1. The average molecular weight is 448 g/mol. The first kappa shape index (κ1) is 13.4. The van der Waals surface area contributed by atoms with Gasteiger partial charge in [-0.2, -0.15) is 0 Å². The van der Waals surface area contributed by atoms with E-state index in [1.54, 1.807) is 0 Å². The summed E-state index contributed by atoms with van der Waals surface area (Å²) in [7, 11) is 1.41. The Kier molecular flexibility index (Phi) is 5.56. The highest BCUT2D eigenvalue weighted by atomic mass is 127. The average Bonchev–Trinajstić information content (AvgIpc) is 2.20. The molecule has 82 valence electrons. The standard InChI is InChI=1S/C10H9Br2IO2/c1-15-9(14)3-2-6-4-7(11)5-8(12)10(6)13/h4-5H,2-3H2,1H3. The zero-order valence-electron chi connectivity index (χ0n) is 8.02. The summed E-state index contributed by atoms with van der Waals surface area (Å²) >= 11 is 9.15. The Hall–Kier alpha value is 0.380. The van der Waals surface area contributed by atoms with Crippen LogP contribution in [0.1, 0.15) is 12.0 Å². The fourth-order valence-corrected chi connectivity index (χ4v) is 3.02. The highest BCUT2D eigenvalue weighted by molar-refractivity contribution is 14.1. The van der Waals surface area contributed by atoms with Gasteiger partial charge in [0, 0.05) is 18.9 Å². The summed E-state index contributed by atoms with van der Waals surface area (Å²) in [5.41, 5.74) is 1.14. The van der Waals surface area contributed by atoms with Gasteiger partial charge in [0.05, 0.1) is 7.11 Å². The second-order valence-corrected chi connectivity index (χ2v) is 5.79. The van der Waals surface area contributed by atoms with Crippen LogP contribution in [0.2, 0.25) is 0 Å². The Labute approximate surface area is 119 Å². The fourth-order valence-electron chi connectivity index (χ4n) is 1.13. The van der Waals surface area contributed by atoms with Gasteiger partial charge in [0.15, 0.2) is 0 Å². The summed E-state index contributed by atoms with van der Waals surface area (Å²) in [6.45, 7) is 0. The highest BCUT2D eigenvalue weighted by Gasteiger charge is 2.08. The monoisotopic (exact) mass is 446 g/mol. The number of aryl methyl sites for hydroxylation is 1. The number of esters is 1. The lowest BCUT2D eigenvalue weighted by Crippen LogP contribution is -2.03. The fraction of sp³-hybridized carbons (Fsp3) is 0.300. The smallest absolute Gasteiger partial charge is 0.305 e. The van der Waals surface area contributed by atoms with Crippen molar-refractivity contribution in [3.05, 3.63) is 30.2 Å². The van der Waals surface area contributed by atoms with Crippen molar-refractivity contribution in [1.29, 1.82) is 0 Å². The van der Waals surface area contributed by atoms with E-state index in [0.717, 1.165) is 18.1 Å². The van der Waals surface area contributed by atoms with Gasteiger partial charge in [-0.05, 0) is 62.6 Å². The van der Waals surface area contributed by atoms with E-state index in [1.165, 1.54) is 7.11 Å². The van der Waals surface area contributed by atoms with Crippen molar-refractivity contribution in [3.8, 4) is 0 Å². The van der Waals surface area contributed by atoms with Gasteiger partial charge in [-0.25, -0.2) is 0 Å². The van der Waals surface area contributed by atoms with Crippen LogP contribution in [0, 0.1) is 3.57 Å². The molecule has 15 heavy (non-hydrogen) atoms. The molecule has 0 atom stereocenters. The van der Waals surface area contributed by atoms with Crippen molar-refractivity contribution in [2.24, 2.45) is 0 Å². The molecule has 0 aliphatic heterocycles. The molecule has 0 saturated heterocycles. The number of ether oxygens (including phenoxy) is 1. The lowest BCUT2D eigenvalue weighted by atomic mass is 10.1. The molecule has 0 saturated carbocycles. The van der Waals surface area contributed by atoms with E-state index in [1.807, 2.05) is 12.1 Å². The van der Waals surface area contributed by atoms with Crippen molar-refractivity contribution >= 4 is 60.4 Å². The van der Waals surface area contributed by atoms with E-state index in [2.05, 4.69) is 59.2 Å². The minimum atomic E-state index is -0.179. The molecular formula is C10H9Br2IO2. The SMILES string of the molecule is COC(=O)CCc1cc(Br)cc(Br)c1I.